The Morgan fingerprint density at radius 1 is 0.200 bits per heavy atom. The Bertz CT molecular complexity index is 1170. The molecule has 0 amide bonds. The second-order valence-electron chi connectivity index (χ2n) is 13.3. The molecule has 7 aliphatic rings. The lowest BCUT2D eigenvalue weighted by Gasteiger charge is -2.38. The Hall–Kier alpha value is -2.44. The van der Waals surface area contributed by atoms with Crippen molar-refractivity contribution < 1.29 is 0 Å². The van der Waals surface area contributed by atoms with E-state index in [9.17, 15) is 0 Å². The topological polar surface area (TPSA) is 0 Å². The van der Waals surface area contributed by atoms with Gasteiger partial charge in [0.25, 0.3) is 0 Å². The molecule has 0 heteroatoms. The van der Waals surface area contributed by atoms with Crippen LogP contribution in [0, 0.1) is 23.7 Å². The zero-order valence-electron chi connectivity index (χ0n) is 25.0. The first-order valence-corrected chi connectivity index (χ1v) is 17.2. The minimum Gasteiger partial charge on any atom is -0.103 e. The van der Waals surface area contributed by atoms with Gasteiger partial charge in [0.15, 0.2) is 0 Å². The zero-order chi connectivity index (χ0) is 26.7. The first-order chi connectivity index (χ1) is 19.9. The molecule has 0 N–H and O–H groups in total. The highest BCUT2D eigenvalue weighted by Gasteiger charge is 2.34. The molecule has 0 saturated heterocycles. The van der Waals surface area contributed by atoms with Crippen LogP contribution in [0.4, 0.5) is 0 Å². The van der Waals surface area contributed by atoms with Crippen LogP contribution in [-0.4, -0.2) is 0 Å². The summed E-state index contributed by atoms with van der Waals surface area (Å²) in [5.41, 5.74) is 21.7. The molecule has 0 saturated carbocycles. The maximum Gasteiger partial charge on any atom is 0.00918 e. The van der Waals surface area contributed by atoms with Crippen molar-refractivity contribution in [1.29, 1.82) is 0 Å². The summed E-state index contributed by atoms with van der Waals surface area (Å²) >= 11 is 0. The molecule has 0 aromatic heterocycles. The molecule has 0 radical (unpaired) electrons. The van der Waals surface area contributed by atoms with Gasteiger partial charge >= 0.3 is 0 Å². The van der Waals surface area contributed by atoms with E-state index in [1.807, 2.05) is 22.3 Å². The Morgan fingerprint density at radius 3 is 0.525 bits per heavy atom. The van der Waals surface area contributed by atoms with Gasteiger partial charge in [-0.15, -0.1) is 23.7 Å². The summed E-state index contributed by atoms with van der Waals surface area (Å²) in [5, 5.41) is 0. The quantitative estimate of drug-likeness (QED) is 0.274. The van der Waals surface area contributed by atoms with Gasteiger partial charge in [0.2, 0.25) is 0 Å². The van der Waals surface area contributed by atoms with Gasteiger partial charge in [-0.2, -0.15) is 0 Å². The van der Waals surface area contributed by atoms with Crippen LogP contribution in [-0.2, 0) is 0 Å². The Balaban J connectivity index is 1.00. The summed E-state index contributed by atoms with van der Waals surface area (Å²) in [7, 11) is 0. The first kappa shape index (κ1) is 26.5. The monoisotopic (exact) mass is 528 g/mol. The van der Waals surface area contributed by atoms with Gasteiger partial charge in [-0.1, -0.05) is 0 Å². The molecule has 0 heterocycles. The molecule has 0 nitrogen and oxygen atoms in total. The van der Waals surface area contributed by atoms with Gasteiger partial charge in [-0.25, -0.2) is 0 Å². The fourth-order valence-corrected chi connectivity index (χ4v) is 9.16. The molecular formula is C40H48. The molecule has 40 heavy (non-hydrogen) atoms. The van der Waals surface area contributed by atoms with E-state index in [2.05, 4.69) is 23.7 Å². The SMILES string of the molecule is C1#CCCCC2=C(CCC1)C1=C2CCCC2=C(CCC1)C1=C2CCCC2=C(CCC1)C1=C2CCCC#CCCC1. The summed E-state index contributed by atoms with van der Waals surface area (Å²) in [4.78, 5) is 0. The summed E-state index contributed by atoms with van der Waals surface area (Å²) in [6.07, 6.45) is 30.7. The van der Waals surface area contributed by atoms with E-state index in [-0.39, 0.29) is 0 Å². The van der Waals surface area contributed by atoms with Crippen LogP contribution in [0.2, 0.25) is 0 Å². The average molecular weight is 529 g/mol. The molecule has 0 aromatic carbocycles. The van der Waals surface area contributed by atoms with Crippen LogP contribution in [0.15, 0.2) is 66.9 Å². The fraction of sp³-hybridized carbons (Fsp3) is 0.600. The van der Waals surface area contributed by atoms with Crippen molar-refractivity contribution in [1.82, 2.24) is 0 Å². The van der Waals surface area contributed by atoms with Crippen LogP contribution in [0.3, 0.4) is 0 Å². The van der Waals surface area contributed by atoms with Crippen molar-refractivity contribution in [2.24, 2.45) is 0 Å². The Morgan fingerprint density at radius 2 is 0.350 bits per heavy atom. The lowest BCUT2D eigenvalue weighted by Crippen LogP contribution is -2.19. The number of fused-ring (bicyclic) bond motifs is 6. The minimum absolute atomic E-state index is 1.10. The Kier molecular flexibility index (Phi) is 8.07. The highest BCUT2D eigenvalue weighted by atomic mass is 14.4. The van der Waals surface area contributed by atoms with Crippen molar-refractivity contribution in [3.8, 4) is 23.7 Å². The van der Waals surface area contributed by atoms with Crippen LogP contribution in [0.25, 0.3) is 0 Å². The van der Waals surface area contributed by atoms with Crippen LogP contribution >= 0.6 is 0 Å². The first-order valence-electron chi connectivity index (χ1n) is 17.2. The largest absolute Gasteiger partial charge is 0.103 e. The second kappa shape index (κ2) is 12.2. The molecule has 0 atom stereocenters. The van der Waals surface area contributed by atoms with E-state index >= 15 is 0 Å². The van der Waals surface area contributed by atoms with Crippen molar-refractivity contribution >= 4 is 0 Å². The van der Waals surface area contributed by atoms with Crippen LogP contribution in [0.5, 0.6) is 0 Å². The highest BCUT2D eigenvalue weighted by Crippen LogP contribution is 2.52. The van der Waals surface area contributed by atoms with E-state index in [1.54, 1.807) is 44.6 Å². The standard InChI is InChI=1S/C40H48/c1-2-6-10-18-30-29(17-9-5-1)33-21-13-25-37-38(26-14-22-34(30)33)40-28-16-24-36-32-20-12-8-4-3-7-11-19-31(32)35(36)23-15-27-39(37)40/h5-28H2. The van der Waals surface area contributed by atoms with E-state index in [0.29, 0.717) is 0 Å². The van der Waals surface area contributed by atoms with E-state index < -0.39 is 0 Å². The second-order valence-corrected chi connectivity index (χ2v) is 13.3. The molecule has 0 spiro atoms. The van der Waals surface area contributed by atoms with Crippen molar-refractivity contribution in [2.45, 2.75) is 154 Å². The third-order valence-corrected chi connectivity index (χ3v) is 10.9. The predicted molar refractivity (Wildman–Crippen MR) is 169 cm³/mol. The Labute approximate surface area is 244 Å². The zero-order valence-corrected chi connectivity index (χ0v) is 25.0. The van der Waals surface area contributed by atoms with E-state index in [0.717, 1.165) is 25.7 Å². The van der Waals surface area contributed by atoms with Gasteiger partial charge in [-0.3, -0.25) is 0 Å². The summed E-state index contributed by atoms with van der Waals surface area (Å²) in [6, 6.07) is 0. The molecule has 7 aliphatic carbocycles. The van der Waals surface area contributed by atoms with E-state index in [1.165, 1.54) is 128 Å². The maximum absolute atomic E-state index is 3.41. The van der Waals surface area contributed by atoms with Crippen molar-refractivity contribution in [2.75, 3.05) is 0 Å². The number of hydrogen-bond donors (Lipinski definition) is 0. The summed E-state index contributed by atoms with van der Waals surface area (Å²) in [6.45, 7) is 0. The number of allylic oxidation sites excluding steroid dienone is 12. The molecule has 0 fully saturated rings. The lowest BCUT2D eigenvalue weighted by molar-refractivity contribution is 0.634. The van der Waals surface area contributed by atoms with Crippen molar-refractivity contribution in [3.63, 3.8) is 0 Å². The third-order valence-electron chi connectivity index (χ3n) is 10.9. The molecule has 7 rings (SSSR count). The average Bonchev–Trinajstić information content (AvgIpc) is 2.96. The molecule has 208 valence electrons. The summed E-state index contributed by atoms with van der Waals surface area (Å²) < 4.78 is 0. The van der Waals surface area contributed by atoms with Gasteiger partial charge < -0.3 is 0 Å². The number of rotatable bonds is 0. The van der Waals surface area contributed by atoms with Gasteiger partial charge in [0.05, 0.1) is 0 Å². The minimum atomic E-state index is 1.10. The molecule has 0 unspecified atom stereocenters. The van der Waals surface area contributed by atoms with Gasteiger partial charge in [0.1, 0.15) is 0 Å². The van der Waals surface area contributed by atoms with Crippen LogP contribution in [0.1, 0.15) is 154 Å². The fourth-order valence-electron chi connectivity index (χ4n) is 9.16. The molecule has 0 aromatic rings. The summed E-state index contributed by atoms with van der Waals surface area (Å²) in [5.74, 6) is 13.6. The van der Waals surface area contributed by atoms with E-state index in [4.69, 9.17) is 0 Å². The number of hydrogen-bond acceptors (Lipinski definition) is 0. The van der Waals surface area contributed by atoms with Crippen molar-refractivity contribution in [3.05, 3.63) is 66.9 Å². The van der Waals surface area contributed by atoms with Gasteiger partial charge in [0, 0.05) is 25.7 Å². The molecule has 0 bridgehead atoms. The predicted octanol–water partition coefficient (Wildman–Crippen LogP) is 11.2. The normalized spacial score (nSPS) is 26.0. The van der Waals surface area contributed by atoms with Crippen LogP contribution < -0.4 is 0 Å². The third kappa shape index (κ3) is 5.07. The highest BCUT2D eigenvalue weighted by molar-refractivity contribution is 5.63. The smallest absolute Gasteiger partial charge is 0.00918 e. The molecule has 0 aliphatic heterocycles. The maximum atomic E-state index is 3.41. The van der Waals surface area contributed by atoms with Gasteiger partial charge in [-0.05, 0) is 195 Å². The molecular weight excluding hydrogens is 480 g/mol. The lowest BCUT2D eigenvalue weighted by atomic mass is 9.67.